The predicted octanol–water partition coefficient (Wildman–Crippen LogP) is 5.01. The van der Waals surface area contributed by atoms with Gasteiger partial charge < -0.3 is 10.6 Å². The number of hydrogen-bond acceptors (Lipinski definition) is 3. The summed E-state index contributed by atoms with van der Waals surface area (Å²) in [6.45, 7) is 3.69. The van der Waals surface area contributed by atoms with Crippen LogP contribution in [-0.2, 0) is 4.79 Å². The summed E-state index contributed by atoms with van der Waals surface area (Å²) in [5, 5.41) is 8.61. The van der Waals surface area contributed by atoms with Crippen LogP contribution in [0.15, 0.2) is 67.0 Å². The van der Waals surface area contributed by atoms with E-state index in [1.165, 1.54) is 0 Å². The first-order chi connectivity index (χ1) is 12.6. The van der Waals surface area contributed by atoms with Crippen molar-refractivity contribution in [3.8, 4) is 11.3 Å². The quantitative estimate of drug-likeness (QED) is 0.668. The summed E-state index contributed by atoms with van der Waals surface area (Å²) in [7, 11) is 0. The molecule has 0 bridgehead atoms. The number of benzene rings is 2. The number of carbonyl (C=O) groups is 1. The SMILES string of the molecule is C/C=C\NC(C)C(=O)Nc1ccc(Cl)c(-c2nccc3ccccc23)c1. The van der Waals surface area contributed by atoms with Crippen molar-refractivity contribution in [1.82, 2.24) is 10.3 Å². The second-order valence-electron chi connectivity index (χ2n) is 5.95. The third kappa shape index (κ3) is 3.86. The Labute approximate surface area is 157 Å². The predicted molar refractivity (Wildman–Crippen MR) is 108 cm³/mol. The number of nitrogens with one attached hydrogen (secondary N) is 2. The van der Waals surface area contributed by atoms with Crippen LogP contribution >= 0.6 is 11.6 Å². The second-order valence-corrected chi connectivity index (χ2v) is 6.36. The van der Waals surface area contributed by atoms with Gasteiger partial charge in [-0.15, -0.1) is 0 Å². The van der Waals surface area contributed by atoms with Crippen molar-refractivity contribution in [3.63, 3.8) is 0 Å². The Hall–Kier alpha value is -2.85. The van der Waals surface area contributed by atoms with Gasteiger partial charge >= 0.3 is 0 Å². The Morgan fingerprint density at radius 3 is 2.81 bits per heavy atom. The van der Waals surface area contributed by atoms with Crippen LogP contribution in [0.1, 0.15) is 13.8 Å². The monoisotopic (exact) mass is 365 g/mol. The minimum Gasteiger partial charge on any atom is -0.380 e. The smallest absolute Gasteiger partial charge is 0.246 e. The third-order valence-corrected chi connectivity index (χ3v) is 4.40. The zero-order chi connectivity index (χ0) is 18.5. The molecule has 0 saturated heterocycles. The van der Waals surface area contributed by atoms with Crippen LogP contribution in [0.4, 0.5) is 5.69 Å². The van der Waals surface area contributed by atoms with Crippen molar-refractivity contribution in [2.24, 2.45) is 0 Å². The number of allylic oxidation sites excluding steroid dienone is 1. The van der Waals surface area contributed by atoms with Gasteiger partial charge in [-0.1, -0.05) is 41.9 Å². The fourth-order valence-electron chi connectivity index (χ4n) is 2.69. The van der Waals surface area contributed by atoms with Crippen LogP contribution < -0.4 is 10.6 Å². The zero-order valence-electron chi connectivity index (χ0n) is 14.7. The van der Waals surface area contributed by atoms with Gasteiger partial charge in [-0.2, -0.15) is 0 Å². The highest BCUT2D eigenvalue weighted by molar-refractivity contribution is 6.33. The molecule has 0 radical (unpaired) electrons. The number of halogens is 1. The molecule has 0 aliphatic rings. The van der Waals surface area contributed by atoms with Gasteiger partial charge in [0.05, 0.1) is 10.7 Å². The number of anilines is 1. The molecule has 2 N–H and O–H groups in total. The first-order valence-electron chi connectivity index (χ1n) is 8.42. The summed E-state index contributed by atoms with van der Waals surface area (Å²) in [5.74, 6) is -0.123. The van der Waals surface area contributed by atoms with E-state index in [1.807, 2.05) is 49.4 Å². The molecule has 1 unspecified atom stereocenters. The first kappa shape index (κ1) is 18.0. The molecule has 3 rings (SSSR count). The minimum atomic E-state index is -0.346. The Morgan fingerprint density at radius 1 is 1.19 bits per heavy atom. The van der Waals surface area contributed by atoms with Crippen LogP contribution in [-0.4, -0.2) is 16.9 Å². The van der Waals surface area contributed by atoms with Crippen LogP contribution in [0.3, 0.4) is 0 Å². The largest absolute Gasteiger partial charge is 0.380 e. The summed E-state index contributed by atoms with van der Waals surface area (Å²) in [4.78, 5) is 16.8. The Bertz CT molecular complexity index is 963. The van der Waals surface area contributed by atoms with Crippen molar-refractivity contribution >= 4 is 34.0 Å². The van der Waals surface area contributed by atoms with Crippen LogP contribution in [0, 0.1) is 0 Å². The van der Waals surface area contributed by atoms with E-state index < -0.39 is 0 Å². The van der Waals surface area contributed by atoms with Crippen molar-refractivity contribution in [3.05, 3.63) is 72.0 Å². The van der Waals surface area contributed by atoms with Crippen LogP contribution in [0.2, 0.25) is 5.02 Å². The standard InChI is InChI=1S/C21H20ClN3O/c1-3-11-23-14(2)21(26)25-16-8-9-19(22)18(13-16)20-17-7-5-4-6-15(17)10-12-24-20/h3-14,23H,1-2H3,(H,25,26)/b11-3-. The van der Waals surface area contributed by atoms with E-state index in [0.717, 1.165) is 22.0 Å². The van der Waals surface area contributed by atoms with E-state index in [-0.39, 0.29) is 11.9 Å². The number of rotatable bonds is 5. The Kier molecular flexibility index (Phi) is 5.54. The van der Waals surface area contributed by atoms with Gasteiger partial charge in [0.2, 0.25) is 5.91 Å². The van der Waals surface area contributed by atoms with E-state index in [9.17, 15) is 4.79 Å². The van der Waals surface area contributed by atoms with Crippen molar-refractivity contribution < 1.29 is 4.79 Å². The molecule has 2 aromatic carbocycles. The molecule has 0 saturated carbocycles. The maximum absolute atomic E-state index is 12.3. The molecule has 1 heterocycles. The summed E-state index contributed by atoms with van der Waals surface area (Å²) in [6.07, 6.45) is 5.36. The fourth-order valence-corrected chi connectivity index (χ4v) is 2.89. The number of carbonyl (C=O) groups excluding carboxylic acids is 1. The molecule has 4 nitrogen and oxygen atoms in total. The first-order valence-corrected chi connectivity index (χ1v) is 8.79. The lowest BCUT2D eigenvalue weighted by molar-refractivity contribution is -0.117. The maximum atomic E-state index is 12.3. The van der Waals surface area contributed by atoms with E-state index >= 15 is 0 Å². The highest BCUT2D eigenvalue weighted by Crippen LogP contribution is 2.33. The molecule has 132 valence electrons. The number of amides is 1. The molecule has 0 aliphatic heterocycles. The lowest BCUT2D eigenvalue weighted by Gasteiger charge is -2.14. The number of pyridine rings is 1. The summed E-state index contributed by atoms with van der Waals surface area (Å²) >= 11 is 6.42. The topological polar surface area (TPSA) is 54.0 Å². The van der Waals surface area contributed by atoms with Gasteiger partial charge in [0.15, 0.2) is 0 Å². The second kappa shape index (κ2) is 8.02. The zero-order valence-corrected chi connectivity index (χ0v) is 15.4. The van der Waals surface area contributed by atoms with Gasteiger partial charge in [-0.3, -0.25) is 9.78 Å². The lowest BCUT2D eigenvalue weighted by Crippen LogP contribution is -2.34. The minimum absolute atomic E-state index is 0.123. The van der Waals surface area contributed by atoms with Gasteiger partial charge in [0.1, 0.15) is 6.04 Å². The molecule has 26 heavy (non-hydrogen) atoms. The number of nitrogens with zero attached hydrogens (tertiary/aromatic N) is 1. The fraction of sp³-hybridized carbons (Fsp3) is 0.143. The third-order valence-electron chi connectivity index (χ3n) is 4.07. The van der Waals surface area contributed by atoms with Gasteiger partial charge in [0, 0.05) is 22.8 Å². The van der Waals surface area contributed by atoms with E-state index in [2.05, 4.69) is 15.6 Å². The van der Waals surface area contributed by atoms with Gasteiger partial charge in [0.25, 0.3) is 0 Å². The molecule has 3 aromatic rings. The molecule has 1 amide bonds. The molecule has 0 fully saturated rings. The number of fused-ring (bicyclic) bond motifs is 1. The van der Waals surface area contributed by atoms with Crippen molar-refractivity contribution in [2.75, 3.05) is 5.32 Å². The van der Waals surface area contributed by atoms with Gasteiger partial charge in [-0.25, -0.2) is 0 Å². The van der Waals surface area contributed by atoms with Crippen molar-refractivity contribution in [2.45, 2.75) is 19.9 Å². The molecular formula is C21H20ClN3O. The van der Waals surface area contributed by atoms with Gasteiger partial charge in [-0.05, 0) is 49.7 Å². The normalized spacial score (nSPS) is 12.3. The molecule has 1 atom stereocenters. The van der Waals surface area contributed by atoms with E-state index in [1.54, 1.807) is 31.5 Å². The van der Waals surface area contributed by atoms with Crippen LogP contribution in [0.5, 0.6) is 0 Å². The van der Waals surface area contributed by atoms with E-state index in [4.69, 9.17) is 11.6 Å². The van der Waals surface area contributed by atoms with Crippen LogP contribution in [0.25, 0.3) is 22.0 Å². The average Bonchev–Trinajstić information content (AvgIpc) is 2.67. The highest BCUT2D eigenvalue weighted by atomic mass is 35.5. The maximum Gasteiger partial charge on any atom is 0.246 e. The van der Waals surface area contributed by atoms with Crippen molar-refractivity contribution in [1.29, 1.82) is 0 Å². The summed E-state index contributed by atoms with van der Waals surface area (Å²) in [6, 6.07) is 15.1. The van der Waals surface area contributed by atoms with E-state index in [0.29, 0.717) is 10.7 Å². The average molecular weight is 366 g/mol. The molecule has 5 heteroatoms. The molecular weight excluding hydrogens is 346 g/mol. The molecule has 0 spiro atoms. The number of aromatic nitrogens is 1. The highest BCUT2D eigenvalue weighted by Gasteiger charge is 2.14. The Morgan fingerprint density at radius 2 is 2.00 bits per heavy atom. The molecule has 1 aromatic heterocycles. The Balaban J connectivity index is 1.94. The lowest BCUT2D eigenvalue weighted by atomic mass is 10.0. The summed E-state index contributed by atoms with van der Waals surface area (Å²) in [5.41, 5.74) is 2.26. The summed E-state index contributed by atoms with van der Waals surface area (Å²) < 4.78 is 0. The number of hydrogen-bond donors (Lipinski definition) is 2. The molecule has 0 aliphatic carbocycles.